The van der Waals surface area contributed by atoms with Gasteiger partial charge in [0.2, 0.25) is 10.0 Å². The molecule has 0 radical (unpaired) electrons. The van der Waals surface area contributed by atoms with Crippen molar-refractivity contribution in [2.75, 3.05) is 39.3 Å². The minimum absolute atomic E-state index is 0.0527. The van der Waals surface area contributed by atoms with E-state index in [2.05, 4.69) is 17.3 Å². The maximum absolute atomic E-state index is 12.9. The van der Waals surface area contributed by atoms with Crippen LogP contribution in [0.1, 0.15) is 11.1 Å². The van der Waals surface area contributed by atoms with Crippen LogP contribution in [-0.4, -0.2) is 73.9 Å². The highest BCUT2D eigenvalue weighted by molar-refractivity contribution is 7.89. The van der Waals surface area contributed by atoms with Crippen LogP contribution in [0.15, 0.2) is 82.8 Å². The first kappa shape index (κ1) is 24.0. The van der Waals surface area contributed by atoms with Crippen molar-refractivity contribution >= 4 is 27.3 Å². The van der Waals surface area contributed by atoms with Gasteiger partial charge in [0.15, 0.2) is 0 Å². The first-order valence-corrected chi connectivity index (χ1v) is 13.3. The van der Waals surface area contributed by atoms with Crippen molar-refractivity contribution < 1.29 is 18.4 Å². The van der Waals surface area contributed by atoms with Crippen LogP contribution in [0.5, 0.6) is 0 Å². The molecule has 0 unspecified atom stereocenters. The van der Waals surface area contributed by atoms with Crippen LogP contribution in [0.4, 0.5) is 0 Å². The number of hydrogen-bond donors (Lipinski definition) is 1. The maximum Gasteiger partial charge on any atom is 0.243 e. The molecule has 5 rings (SSSR count). The Morgan fingerprint density at radius 2 is 1.40 bits per heavy atom. The van der Waals surface area contributed by atoms with Crippen LogP contribution in [0.25, 0.3) is 11.1 Å². The van der Waals surface area contributed by atoms with E-state index in [9.17, 15) is 13.5 Å². The Morgan fingerprint density at radius 3 is 1.97 bits per heavy atom. The Hall–Kier alpha value is -2.75. The number of rotatable bonds is 7. The normalized spacial score (nSPS) is 17.0. The lowest BCUT2D eigenvalue weighted by atomic mass is 10.1. The van der Waals surface area contributed by atoms with Gasteiger partial charge in [-0.2, -0.15) is 4.31 Å². The van der Waals surface area contributed by atoms with Crippen molar-refractivity contribution in [1.29, 1.82) is 0 Å². The van der Waals surface area contributed by atoms with E-state index in [1.807, 2.05) is 41.3 Å². The summed E-state index contributed by atoms with van der Waals surface area (Å²) >= 11 is 5.88. The highest BCUT2D eigenvalue weighted by atomic mass is 35.5. The van der Waals surface area contributed by atoms with Crippen LogP contribution >= 0.6 is 11.6 Å². The number of sulfonamides is 1. The second-order valence-electron chi connectivity index (χ2n) is 8.64. The van der Waals surface area contributed by atoms with Crippen molar-refractivity contribution in [1.82, 2.24) is 9.21 Å². The standard InChI is InChI=1S/C26H26ClN3O4S/c27-19-9-11-21(12-10-19)35(32,33)30-15-13-29(14-16-30)17-20(31)18-34-28-26-24-7-3-1-5-22(24)23-6-2-4-8-25(23)26/h1-12,20,31H,13-18H2/t20-/m1/s1. The number of benzene rings is 3. The van der Waals surface area contributed by atoms with Gasteiger partial charge in [-0.05, 0) is 35.4 Å². The Labute approximate surface area is 210 Å². The van der Waals surface area contributed by atoms with E-state index in [0.29, 0.717) is 37.7 Å². The minimum atomic E-state index is -3.56. The zero-order valence-corrected chi connectivity index (χ0v) is 20.6. The van der Waals surface area contributed by atoms with Gasteiger partial charge in [0.25, 0.3) is 0 Å². The molecule has 3 aromatic rings. The van der Waals surface area contributed by atoms with E-state index in [1.165, 1.54) is 16.4 Å². The molecule has 1 aliphatic heterocycles. The first-order chi connectivity index (χ1) is 16.9. The van der Waals surface area contributed by atoms with Gasteiger partial charge in [0.05, 0.1) is 4.90 Å². The van der Waals surface area contributed by atoms with Crippen molar-refractivity contribution in [2.45, 2.75) is 11.0 Å². The Kier molecular flexibility index (Phi) is 6.91. The first-order valence-electron chi connectivity index (χ1n) is 11.5. The van der Waals surface area contributed by atoms with Crippen molar-refractivity contribution in [3.05, 3.63) is 88.9 Å². The van der Waals surface area contributed by atoms with Crippen LogP contribution in [0, 0.1) is 0 Å². The summed E-state index contributed by atoms with van der Waals surface area (Å²) in [5.74, 6) is 0. The Morgan fingerprint density at radius 1 is 0.857 bits per heavy atom. The molecule has 1 saturated heterocycles. The number of oxime groups is 1. The number of piperazine rings is 1. The SMILES string of the molecule is O=S(=O)(c1ccc(Cl)cc1)N1CCN(C[C@@H](O)CON=C2c3ccccc3-c3ccccc32)CC1. The lowest BCUT2D eigenvalue weighted by Gasteiger charge is -2.34. The predicted octanol–water partition coefficient (Wildman–Crippen LogP) is 3.46. The Bertz CT molecular complexity index is 1290. The van der Waals surface area contributed by atoms with Gasteiger partial charge in [-0.1, -0.05) is 65.3 Å². The molecule has 1 heterocycles. The lowest BCUT2D eigenvalue weighted by Crippen LogP contribution is -2.50. The molecule has 2 aliphatic rings. The fraction of sp³-hybridized carbons (Fsp3) is 0.269. The van der Waals surface area contributed by atoms with E-state index in [-0.39, 0.29) is 11.5 Å². The van der Waals surface area contributed by atoms with Crippen LogP contribution < -0.4 is 0 Å². The van der Waals surface area contributed by atoms with Gasteiger partial charge in [0.1, 0.15) is 18.4 Å². The molecule has 0 bridgehead atoms. The average molecular weight is 512 g/mol. The second kappa shape index (κ2) is 10.1. The maximum atomic E-state index is 12.9. The summed E-state index contributed by atoms with van der Waals surface area (Å²) in [7, 11) is -3.56. The molecule has 182 valence electrons. The summed E-state index contributed by atoms with van der Waals surface area (Å²) in [5, 5.41) is 15.4. The molecule has 1 aliphatic carbocycles. The third-order valence-corrected chi connectivity index (χ3v) is 8.49. The number of β-amino-alcohol motifs (C(OH)–C–C–N with tert-alkyl or cyclic N) is 1. The molecule has 35 heavy (non-hydrogen) atoms. The van der Waals surface area contributed by atoms with Gasteiger partial charge in [-0.3, -0.25) is 4.90 Å². The quantitative estimate of drug-likeness (QED) is 0.384. The smallest absolute Gasteiger partial charge is 0.243 e. The topological polar surface area (TPSA) is 82.4 Å². The minimum Gasteiger partial charge on any atom is -0.392 e. The van der Waals surface area contributed by atoms with E-state index < -0.39 is 16.1 Å². The number of hydrogen-bond acceptors (Lipinski definition) is 6. The zero-order valence-electron chi connectivity index (χ0n) is 19.0. The van der Waals surface area contributed by atoms with Crippen LogP contribution in [-0.2, 0) is 14.9 Å². The summed E-state index contributed by atoms with van der Waals surface area (Å²) in [5.41, 5.74) is 5.04. The van der Waals surface area contributed by atoms with Gasteiger partial charge < -0.3 is 9.94 Å². The summed E-state index contributed by atoms with van der Waals surface area (Å²) in [6.07, 6.45) is -0.745. The van der Waals surface area contributed by atoms with Crippen LogP contribution in [0.2, 0.25) is 5.02 Å². The van der Waals surface area contributed by atoms with Gasteiger partial charge >= 0.3 is 0 Å². The predicted molar refractivity (Wildman–Crippen MR) is 136 cm³/mol. The summed E-state index contributed by atoms with van der Waals surface area (Å²) < 4.78 is 27.2. The molecule has 1 fully saturated rings. The fourth-order valence-corrected chi connectivity index (χ4v) is 6.09. The van der Waals surface area contributed by atoms with Crippen molar-refractivity contribution in [3.8, 4) is 11.1 Å². The average Bonchev–Trinajstić information content (AvgIpc) is 3.19. The van der Waals surface area contributed by atoms with E-state index >= 15 is 0 Å². The van der Waals surface area contributed by atoms with Crippen molar-refractivity contribution in [3.63, 3.8) is 0 Å². The third kappa shape index (κ3) is 4.98. The number of aliphatic hydroxyl groups excluding tert-OH is 1. The van der Waals surface area contributed by atoms with Gasteiger partial charge in [-0.15, -0.1) is 0 Å². The van der Waals surface area contributed by atoms with Crippen LogP contribution in [0.3, 0.4) is 0 Å². The van der Waals surface area contributed by atoms with E-state index in [1.54, 1.807) is 12.1 Å². The molecule has 0 saturated carbocycles. The second-order valence-corrected chi connectivity index (χ2v) is 11.0. The third-order valence-electron chi connectivity index (χ3n) is 6.33. The van der Waals surface area contributed by atoms with Gasteiger partial charge in [-0.25, -0.2) is 8.42 Å². The Balaban J connectivity index is 1.15. The molecule has 0 aromatic heterocycles. The number of aliphatic hydroxyl groups is 1. The largest absolute Gasteiger partial charge is 0.392 e. The molecule has 0 amide bonds. The molecule has 3 aromatic carbocycles. The molecule has 1 N–H and O–H groups in total. The summed E-state index contributed by atoms with van der Waals surface area (Å²) in [4.78, 5) is 7.84. The van der Waals surface area contributed by atoms with Crippen molar-refractivity contribution in [2.24, 2.45) is 5.16 Å². The molecule has 7 nitrogen and oxygen atoms in total. The molecule has 9 heteroatoms. The number of nitrogens with zero attached hydrogens (tertiary/aromatic N) is 3. The monoisotopic (exact) mass is 511 g/mol. The van der Waals surface area contributed by atoms with E-state index in [0.717, 1.165) is 28.0 Å². The molecular weight excluding hydrogens is 486 g/mol. The number of halogens is 1. The molecule has 1 atom stereocenters. The molecular formula is C26H26ClN3O4S. The lowest BCUT2D eigenvalue weighted by molar-refractivity contribution is 0.0139. The van der Waals surface area contributed by atoms with E-state index in [4.69, 9.17) is 16.4 Å². The molecule has 0 spiro atoms. The summed E-state index contributed by atoms with van der Waals surface area (Å²) in [6.45, 7) is 2.20. The fourth-order valence-electron chi connectivity index (χ4n) is 4.54. The highest BCUT2D eigenvalue weighted by Gasteiger charge is 2.29. The highest BCUT2D eigenvalue weighted by Crippen LogP contribution is 2.36. The zero-order chi connectivity index (χ0) is 24.4. The summed E-state index contributed by atoms with van der Waals surface area (Å²) in [6, 6.07) is 22.3. The number of fused-ring (bicyclic) bond motifs is 3. The van der Waals surface area contributed by atoms with Gasteiger partial charge in [0, 0.05) is 48.9 Å².